The number of pyridine rings is 1. The van der Waals surface area contributed by atoms with Crippen LogP contribution < -0.4 is 5.73 Å². The van der Waals surface area contributed by atoms with Gasteiger partial charge in [-0.15, -0.1) is 0 Å². The third-order valence-electron chi connectivity index (χ3n) is 3.24. The van der Waals surface area contributed by atoms with Crippen molar-refractivity contribution in [2.24, 2.45) is 5.73 Å². The van der Waals surface area contributed by atoms with Crippen LogP contribution in [0.15, 0.2) is 18.3 Å². The molecule has 0 amide bonds. The average molecular weight is 255 g/mol. The highest BCUT2D eigenvalue weighted by molar-refractivity contribution is 5.32. The third-order valence-corrected chi connectivity index (χ3v) is 3.24. The maximum atomic E-state index is 9.05. The quantitative estimate of drug-likeness (QED) is 0.893. The second kappa shape index (κ2) is 5.63. The Bertz CT molecular complexity index is 621. The van der Waals surface area contributed by atoms with E-state index >= 15 is 0 Å². The van der Waals surface area contributed by atoms with Gasteiger partial charge in [0.1, 0.15) is 11.8 Å². The molecule has 0 radical (unpaired) electrons. The van der Waals surface area contributed by atoms with Crippen LogP contribution >= 0.6 is 0 Å². The highest BCUT2D eigenvalue weighted by Gasteiger charge is 2.12. The van der Waals surface area contributed by atoms with Crippen molar-refractivity contribution in [2.45, 2.75) is 26.8 Å². The zero-order chi connectivity index (χ0) is 13.8. The number of nitriles is 1. The van der Waals surface area contributed by atoms with Crippen molar-refractivity contribution in [1.29, 1.82) is 5.26 Å². The van der Waals surface area contributed by atoms with Gasteiger partial charge in [-0.1, -0.05) is 6.07 Å². The fourth-order valence-electron chi connectivity index (χ4n) is 2.22. The van der Waals surface area contributed by atoms with Gasteiger partial charge in [0.15, 0.2) is 0 Å². The lowest BCUT2D eigenvalue weighted by Gasteiger charge is -2.06. The van der Waals surface area contributed by atoms with Crippen molar-refractivity contribution in [2.75, 3.05) is 6.54 Å². The van der Waals surface area contributed by atoms with Gasteiger partial charge >= 0.3 is 0 Å². The van der Waals surface area contributed by atoms with E-state index in [1.54, 1.807) is 6.20 Å². The molecule has 5 nitrogen and oxygen atoms in total. The maximum Gasteiger partial charge on any atom is 0.145 e. The molecule has 2 aromatic rings. The number of hydrogen-bond acceptors (Lipinski definition) is 4. The molecule has 0 aliphatic heterocycles. The Morgan fingerprint density at radius 3 is 2.89 bits per heavy atom. The number of nitrogens with two attached hydrogens (primary N) is 1. The number of rotatable bonds is 4. The lowest BCUT2D eigenvalue weighted by molar-refractivity contribution is 0.655. The smallest absolute Gasteiger partial charge is 0.145 e. The van der Waals surface area contributed by atoms with Crippen LogP contribution in [-0.2, 0) is 13.0 Å². The van der Waals surface area contributed by atoms with Gasteiger partial charge in [0.25, 0.3) is 0 Å². The van der Waals surface area contributed by atoms with Crippen molar-refractivity contribution >= 4 is 0 Å². The predicted octanol–water partition coefficient (Wildman–Crippen LogP) is 1.32. The van der Waals surface area contributed by atoms with Crippen molar-refractivity contribution in [3.8, 4) is 6.07 Å². The second-order valence-corrected chi connectivity index (χ2v) is 4.47. The van der Waals surface area contributed by atoms with Gasteiger partial charge in [-0.05, 0) is 38.4 Å². The Morgan fingerprint density at radius 1 is 1.42 bits per heavy atom. The van der Waals surface area contributed by atoms with Crippen molar-refractivity contribution in [3.05, 3.63) is 46.5 Å². The van der Waals surface area contributed by atoms with E-state index < -0.39 is 0 Å². The Morgan fingerprint density at radius 2 is 2.21 bits per heavy atom. The molecule has 0 saturated carbocycles. The van der Waals surface area contributed by atoms with Crippen LogP contribution in [0.25, 0.3) is 0 Å². The number of nitrogens with zero attached hydrogens (tertiary/aromatic N) is 4. The molecule has 2 heterocycles. The van der Waals surface area contributed by atoms with Gasteiger partial charge in [-0.2, -0.15) is 10.4 Å². The van der Waals surface area contributed by atoms with E-state index in [4.69, 9.17) is 11.0 Å². The molecule has 0 unspecified atom stereocenters. The van der Waals surface area contributed by atoms with Crippen LogP contribution in [0.4, 0.5) is 0 Å². The summed E-state index contributed by atoms with van der Waals surface area (Å²) in [5, 5.41) is 13.6. The summed E-state index contributed by atoms with van der Waals surface area (Å²) in [6.45, 7) is 5.20. The molecule has 2 N–H and O–H groups in total. The highest BCUT2D eigenvalue weighted by Crippen LogP contribution is 2.15. The summed E-state index contributed by atoms with van der Waals surface area (Å²) in [5.74, 6) is 0. The van der Waals surface area contributed by atoms with E-state index in [0.717, 1.165) is 23.4 Å². The Hall–Kier alpha value is -2.19. The second-order valence-electron chi connectivity index (χ2n) is 4.47. The molecule has 0 bridgehead atoms. The minimum absolute atomic E-state index is 0.454. The maximum absolute atomic E-state index is 9.05. The topological polar surface area (TPSA) is 80.5 Å². The molecule has 2 aromatic heterocycles. The summed E-state index contributed by atoms with van der Waals surface area (Å²) in [6.07, 6.45) is 2.46. The molecular formula is C14H17N5. The van der Waals surface area contributed by atoms with Crippen molar-refractivity contribution in [1.82, 2.24) is 14.8 Å². The zero-order valence-electron chi connectivity index (χ0n) is 11.2. The lowest BCUT2D eigenvalue weighted by atomic mass is 10.1. The number of aryl methyl sites for hydroxylation is 1. The van der Waals surface area contributed by atoms with E-state index in [1.807, 2.05) is 30.7 Å². The van der Waals surface area contributed by atoms with Crippen LogP contribution in [0, 0.1) is 25.2 Å². The SMILES string of the molecule is Cc1nn(Cc2cccnc2C#N)c(C)c1CCN. The average Bonchev–Trinajstić information content (AvgIpc) is 2.67. The van der Waals surface area contributed by atoms with E-state index in [9.17, 15) is 0 Å². The Kier molecular flexibility index (Phi) is 3.93. The van der Waals surface area contributed by atoms with Crippen LogP contribution in [0.2, 0.25) is 0 Å². The first-order valence-electron chi connectivity index (χ1n) is 6.24. The summed E-state index contributed by atoms with van der Waals surface area (Å²) in [4.78, 5) is 4.07. The molecular weight excluding hydrogens is 238 g/mol. The van der Waals surface area contributed by atoms with Crippen LogP contribution in [-0.4, -0.2) is 21.3 Å². The van der Waals surface area contributed by atoms with Crippen molar-refractivity contribution < 1.29 is 0 Å². The van der Waals surface area contributed by atoms with Crippen molar-refractivity contribution in [3.63, 3.8) is 0 Å². The lowest BCUT2D eigenvalue weighted by Crippen LogP contribution is -2.08. The normalized spacial score (nSPS) is 10.4. The molecule has 19 heavy (non-hydrogen) atoms. The molecule has 0 aromatic carbocycles. The molecule has 0 fully saturated rings. The first-order chi connectivity index (χ1) is 9.17. The van der Waals surface area contributed by atoms with Crippen LogP contribution in [0.5, 0.6) is 0 Å². The summed E-state index contributed by atoms with van der Waals surface area (Å²) in [5.41, 5.74) is 10.3. The summed E-state index contributed by atoms with van der Waals surface area (Å²) < 4.78 is 1.91. The summed E-state index contributed by atoms with van der Waals surface area (Å²) in [7, 11) is 0. The van der Waals surface area contributed by atoms with Gasteiger partial charge in [-0.25, -0.2) is 4.98 Å². The largest absolute Gasteiger partial charge is 0.330 e. The first kappa shape index (κ1) is 13.2. The predicted molar refractivity (Wildman–Crippen MR) is 72.5 cm³/mol. The molecule has 2 rings (SSSR count). The van der Waals surface area contributed by atoms with E-state index in [1.165, 1.54) is 5.56 Å². The first-order valence-corrected chi connectivity index (χ1v) is 6.24. The molecule has 0 spiro atoms. The fraction of sp³-hybridized carbons (Fsp3) is 0.357. The zero-order valence-corrected chi connectivity index (χ0v) is 11.2. The summed E-state index contributed by atoms with van der Waals surface area (Å²) in [6, 6.07) is 5.85. The van der Waals surface area contributed by atoms with E-state index in [-0.39, 0.29) is 0 Å². The number of aromatic nitrogens is 3. The molecule has 0 aliphatic carbocycles. The minimum Gasteiger partial charge on any atom is -0.330 e. The molecule has 98 valence electrons. The van der Waals surface area contributed by atoms with Crippen LogP contribution in [0.1, 0.15) is 28.2 Å². The highest BCUT2D eigenvalue weighted by atomic mass is 15.3. The molecule has 0 aliphatic rings. The van der Waals surface area contributed by atoms with Gasteiger partial charge in [0, 0.05) is 17.5 Å². The van der Waals surface area contributed by atoms with Gasteiger partial charge in [0.2, 0.25) is 0 Å². The molecule has 5 heteroatoms. The van der Waals surface area contributed by atoms with E-state index in [0.29, 0.717) is 18.8 Å². The molecule has 0 atom stereocenters. The molecule has 0 saturated heterocycles. The van der Waals surface area contributed by atoms with E-state index in [2.05, 4.69) is 16.2 Å². The number of hydrogen-bond donors (Lipinski definition) is 1. The van der Waals surface area contributed by atoms with Gasteiger partial charge in [-0.3, -0.25) is 4.68 Å². The Balaban J connectivity index is 2.34. The van der Waals surface area contributed by atoms with Gasteiger partial charge in [0.05, 0.1) is 12.2 Å². The standard InChI is InChI=1S/C14H17N5/c1-10-13(5-6-15)11(2)19(18-10)9-12-4-3-7-17-14(12)8-16/h3-4,7H,5-6,9,15H2,1-2H3. The fourth-order valence-corrected chi connectivity index (χ4v) is 2.22. The monoisotopic (exact) mass is 255 g/mol. The third kappa shape index (κ3) is 2.64. The van der Waals surface area contributed by atoms with Gasteiger partial charge < -0.3 is 5.73 Å². The Labute approximate surface area is 112 Å². The minimum atomic E-state index is 0.454. The van der Waals surface area contributed by atoms with Crippen LogP contribution in [0.3, 0.4) is 0 Å². The summed E-state index contributed by atoms with van der Waals surface area (Å²) >= 11 is 0.